The van der Waals surface area contributed by atoms with Gasteiger partial charge in [0.25, 0.3) is 0 Å². The van der Waals surface area contributed by atoms with Gasteiger partial charge in [0.05, 0.1) is 17.7 Å². The van der Waals surface area contributed by atoms with Crippen molar-refractivity contribution in [3.05, 3.63) is 64.0 Å². The van der Waals surface area contributed by atoms with E-state index < -0.39 is 0 Å². The van der Waals surface area contributed by atoms with Crippen molar-refractivity contribution in [2.24, 2.45) is 0 Å². The summed E-state index contributed by atoms with van der Waals surface area (Å²) in [6.45, 7) is 3.25. The molecule has 24 heavy (non-hydrogen) atoms. The first-order valence-corrected chi connectivity index (χ1v) is 8.16. The number of hydrogen-bond donors (Lipinski definition) is 2. The maximum absolute atomic E-state index is 10.1. The molecule has 0 fully saturated rings. The van der Waals surface area contributed by atoms with Crippen molar-refractivity contribution in [1.29, 1.82) is 0 Å². The Bertz CT molecular complexity index is 873. The predicted molar refractivity (Wildman–Crippen MR) is 88.9 cm³/mol. The largest absolute Gasteiger partial charge is 0.508 e. The zero-order valence-corrected chi connectivity index (χ0v) is 13.9. The molecule has 0 saturated heterocycles. The second kappa shape index (κ2) is 5.96. The fraction of sp³-hybridized carbons (Fsp3) is 0.294. The molecule has 3 aromatic rings. The molecule has 3 heterocycles. The molecule has 2 aromatic heterocycles. The third kappa shape index (κ3) is 2.68. The maximum Gasteiger partial charge on any atom is 0.160 e. The van der Waals surface area contributed by atoms with Crippen LogP contribution >= 0.6 is 11.6 Å². The Kier molecular flexibility index (Phi) is 3.78. The van der Waals surface area contributed by atoms with E-state index in [4.69, 9.17) is 16.1 Å². The van der Waals surface area contributed by atoms with Crippen LogP contribution < -0.4 is 0 Å². The van der Waals surface area contributed by atoms with Crippen LogP contribution in [0.2, 0.25) is 5.02 Å². The van der Waals surface area contributed by atoms with Gasteiger partial charge in [0, 0.05) is 41.9 Å². The summed E-state index contributed by atoms with van der Waals surface area (Å²) < 4.78 is 5.52. The van der Waals surface area contributed by atoms with Gasteiger partial charge in [0.15, 0.2) is 5.76 Å². The fourth-order valence-corrected chi connectivity index (χ4v) is 3.42. The highest BCUT2D eigenvalue weighted by Crippen LogP contribution is 2.36. The molecule has 0 bridgehead atoms. The number of aromatic nitrogens is 3. The van der Waals surface area contributed by atoms with Crippen LogP contribution in [0.1, 0.15) is 34.4 Å². The van der Waals surface area contributed by atoms with Gasteiger partial charge in [0.1, 0.15) is 11.8 Å². The number of halogens is 1. The molecular weight excluding hydrogens is 328 g/mol. The second-order valence-corrected chi connectivity index (χ2v) is 6.47. The standard InChI is InChI=1S/C17H17ClN4O2/c1-10-6-15(24-21-10)17-16-13(19-9-20-16)4-5-22(17)8-11-7-12(18)2-3-14(11)23/h2-3,6-7,9,17,23H,4-5,8H2,1H3,(H,19,20). The topological polar surface area (TPSA) is 78.2 Å². The van der Waals surface area contributed by atoms with E-state index >= 15 is 0 Å². The second-order valence-electron chi connectivity index (χ2n) is 6.03. The number of rotatable bonds is 3. The van der Waals surface area contributed by atoms with E-state index in [2.05, 4.69) is 20.0 Å². The lowest BCUT2D eigenvalue weighted by Gasteiger charge is -2.33. The quantitative estimate of drug-likeness (QED) is 0.762. The van der Waals surface area contributed by atoms with Crippen molar-refractivity contribution in [2.75, 3.05) is 6.54 Å². The minimum atomic E-state index is -0.139. The smallest absolute Gasteiger partial charge is 0.160 e. The molecule has 0 saturated carbocycles. The number of nitrogens with one attached hydrogen (secondary N) is 1. The molecule has 0 spiro atoms. The third-order valence-corrected chi connectivity index (χ3v) is 4.59. The van der Waals surface area contributed by atoms with Gasteiger partial charge in [-0.05, 0) is 25.1 Å². The lowest BCUT2D eigenvalue weighted by molar-refractivity contribution is 0.168. The van der Waals surface area contributed by atoms with Gasteiger partial charge in [-0.25, -0.2) is 4.98 Å². The number of fused-ring (bicyclic) bond motifs is 1. The van der Waals surface area contributed by atoms with Gasteiger partial charge >= 0.3 is 0 Å². The Morgan fingerprint density at radius 3 is 3.08 bits per heavy atom. The van der Waals surface area contributed by atoms with Crippen LogP contribution in [-0.4, -0.2) is 31.7 Å². The van der Waals surface area contributed by atoms with Gasteiger partial charge in [-0.1, -0.05) is 16.8 Å². The van der Waals surface area contributed by atoms with Crippen molar-refractivity contribution < 1.29 is 9.63 Å². The van der Waals surface area contributed by atoms with Crippen LogP contribution in [-0.2, 0) is 13.0 Å². The fourth-order valence-electron chi connectivity index (χ4n) is 3.22. The first kappa shape index (κ1) is 15.2. The summed E-state index contributed by atoms with van der Waals surface area (Å²) >= 11 is 6.08. The van der Waals surface area contributed by atoms with Gasteiger partial charge < -0.3 is 14.6 Å². The minimum absolute atomic E-state index is 0.139. The molecule has 1 aliphatic rings. The summed E-state index contributed by atoms with van der Waals surface area (Å²) in [5, 5.41) is 14.8. The number of imidazole rings is 1. The molecule has 4 rings (SSSR count). The van der Waals surface area contributed by atoms with Crippen molar-refractivity contribution in [2.45, 2.75) is 25.9 Å². The lowest BCUT2D eigenvalue weighted by atomic mass is 9.99. The van der Waals surface area contributed by atoms with Crippen LogP contribution in [0, 0.1) is 6.92 Å². The molecule has 1 atom stereocenters. The van der Waals surface area contributed by atoms with Gasteiger partial charge in [-0.3, -0.25) is 4.90 Å². The summed E-state index contributed by atoms with van der Waals surface area (Å²) in [7, 11) is 0. The van der Waals surface area contributed by atoms with Crippen LogP contribution in [0.4, 0.5) is 0 Å². The first-order chi connectivity index (χ1) is 11.6. The number of phenols is 1. The number of H-pyrrole nitrogens is 1. The summed E-state index contributed by atoms with van der Waals surface area (Å²) in [4.78, 5) is 9.90. The highest BCUT2D eigenvalue weighted by atomic mass is 35.5. The monoisotopic (exact) mass is 344 g/mol. The van der Waals surface area contributed by atoms with Gasteiger partial charge in [-0.2, -0.15) is 0 Å². The van der Waals surface area contributed by atoms with Crippen LogP contribution in [0.25, 0.3) is 0 Å². The third-order valence-electron chi connectivity index (χ3n) is 4.36. The maximum atomic E-state index is 10.1. The number of benzene rings is 1. The van der Waals surface area contributed by atoms with Crippen molar-refractivity contribution in [3.8, 4) is 5.75 Å². The Labute approximate surface area is 144 Å². The number of aromatic amines is 1. The molecule has 1 unspecified atom stereocenters. The van der Waals surface area contributed by atoms with E-state index in [1.807, 2.05) is 13.0 Å². The number of aromatic hydroxyl groups is 1. The van der Waals surface area contributed by atoms with Crippen LogP contribution in [0.15, 0.2) is 35.1 Å². The molecular formula is C17H17ClN4O2. The number of nitrogens with zero attached hydrogens (tertiary/aromatic N) is 3. The Balaban J connectivity index is 1.72. The average molecular weight is 345 g/mol. The van der Waals surface area contributed by atoms with Gasteiger partial charge in [0.2, 0.25) is 0 Å². The van der Waals surface area contributed by atoms with E-state index in [9.17, 15) is 5.11 Å². The molecule has 6 nitrogen and oxygen atoms in total. The Morgan fingerprint density at radius 1 is 1.42 bits per heavy atom. The van der Waals surface area contributed by atoms with Crippen LogP contribution in [0.3, 0.4) is 0 Å². The molecule has 1 aromatic carbocycles. The minimum Gasteiger partial charge on any atom is -0.508 e. The highest BCUT2D eigenvalue weighted by Gasteiger charge is 2.34. The predicted octanol–water partition coefficient (Wildman–Crippen LogP) is 3.21. The normalized spacial score (nSPS) is 17.8. The molecule has 0 aliphatic carbocycles. The zero-order valence-electron chi connectivity index (χ0n) is 13.2. The van der Waals surface area contributed by atoms with E-state index in [0.29, 0.717) is 11.6 Å². The van der Waals surface area contributed by atoms with E-state index in [-0.39, 0.29) is 11.8 Å². The first-order valence-electron chi connectivity index (χ1n) is 7.78. The summed E-state index contributed by atoms with van der Waals surface area (Å²) in [5.74, 6) is 0.988. The van der Waals surface area contributed by atoms with E-state index in [1.54, 1.807) is 24.5 Å². The number of aryl methyl sites for hydroxylation is 1. The molecule has 0 radical (unpaired) electrons. The van der Waals surface area contributed by atoms with Crippen molar-refractivity contribution in [1.82, 2.24) is 20.0 Å². The SMILES string of the molecule is Cc1cc(C2c3nc[nH]c3CCN2Cc2cc(Cl)ccc2O)on1. The lowest BCUT2D eigenvalue weighted by Crippen LogP contribution is -2.35. The average Bonchev–Trinajstić information content (AvgIpc) is 3.19. The number of phenolic OH excluding ortho intramolecular Hbond substituents is 1. The summed E-state index contributed by atoms with van der Waals surface area (Å²) in [5.41, 5.74) is 3.67. The summed E-state index contributed by atoms with van der Waals surface area (Å²) in [6.07, 6.45) is 2.57. The molecule has 1 aliphatic heterocycles. The Morgan fingerprint density at radius 2 is 2.29 bits per heavy atom. The van der Waals surface area contributed by atoms with Crippen LogP contribution in [0.5, 0.6) is 5.75 Å². The molecule has 0 amide bonds. The number of hydrogen-bond acceptors (Lipinski definition) is 5. The molecule has 2 N–H and O–H groups in total. The van der Waals surface area contributed by atoms with Gasteiger partial charge in [-0.15, -0.1) is 0 Å². The molecule has 124 valence electrons. The summed E-state index contributed by atoms with van der Waals surface area (Å²) in [6, 6.07) is 6.88. The van der Waals surface area contributed by atoms with E-state index in [0.717, 1.165) is 41.4 Å². The van der Waals surface area contributed by atoms with Crippen molar-refractivity contribution >= 4 is 11.6 Å². The zero-order chi connectivity index (χ0) is 16.7. The van der Waals surface area contributed by atoms with Crippen molar-refractivity contribution in [3.63, 3.8) is 0 Å². The Hall–Kier alpha value is -2.31. The highest BCUT2D eigenvalue weighted by molar-refractivity contribution is 6.30. The van der Waals surface area contributed by atoms with E-state index in [1.165, 1.54) is 0 Å². The molecule has 7 heteroatoms.